The van der Waals surface area contributed by atoms with Crippen molar-refractivity contribution in [3.05, 3.63) is 29.6 Å². The van der Waals surface area contributed by atoms with Gasteiger partial charge in [-0.2, -0.15) is 0 Å². The lowest BCUT2D eigenvalue weighted by atomic mass is 9.65. The number of likely N-dealkylation sites (tertiary alicyclic amines) is 1. The van der Waals surface area contributed by atoms with Gasteiger partial charge in [0.15, 0.2) is 0 Å². The Hall–Kier alpha value is -1.58. The van der Waals surface area contributed by atoms with E-state index in [1.807, 2.05) is 11.0 Å². The molecule has 1 saturated carbocycles. The highest BCUT2D eigenvalue weighted by atomic mass is 19.1. The van der Waals surface area contributed by atoms with Crippen molar-refractivity contribution >= 4 is 11.6 Å². The monoisotopic (exact) mass is 318 g/mol. The topological polar surface area (TPSA) is 32.3 Å². The molecule has 4 heteroatoms. The minimum absolute atomic E-state index is 0.123. The number of nitrogens with one attached hydrogen (secondary N) is 1. The molecule has 1 aromatic carbocycles. The van der Waals surface area contributed by atoms with Gasteiger partial charge in [0.25, 0.3) is 0 Å². The Bertz CT molecular complexity index is 628. The fraction of sp³-hybridized carbons (Fsp3) is 0.632. The molecule has 0 aromatic heterocycles. The summed E-state index contributed by atoms with van der Waals surface area (Å²) in [6.07, 6.45) is 3.37. The third-order valence-electron chi connectivity index (χ3n) is 5.35. The van der Waals surface area contributed by atoms with Crippen LogP contribution in [-0.4, -0.2) is 29.9 Å². The summed E-state index contributed by atoms with van der Waals surface area (Å²) in [6.45, 7) is 9.73. The van der Waals surface area contributed by atoms with E-state index in [0.29, 0.717) is 22.7 Å². The summed E-state index contributed by atoms with van der Waals surface area (Å²) < 4.78 is 13.6. The van der Waals surface area contributed by atoms with Crippen molar-refractivity contribution in [3.8, 4) is 0 Å². The van der Waals surface area contributed by atoms with Crippen molar-refractivity contribution in [2.75, 3.05) is 18.4 Å². The van der Waals surface area contributed by atoms with Crippen LogP contribution in [0.1, 0.15) is 45.6 Å². The van der Waals surface area contributed by atoms with Gasteiger partial charge < -0.3 is 10.2 Å². The first-order valence-corrected chi connectivity index (χ1v) is 8.47. The van der Waals surface area contributed by atoms with Gasteiger partial charge in [-0.1, -0.05) is 26.8 Å². The van der Waals surface area contributed by atoms with E-state index in [4.69, 9.17) is 0 Å². The molecule has 1 N–H and O–H groups in total. The number of fused-ring (bicyclic) bond motifs is 2. The number of amides is 1. The molecule has 126 valence electrons. The predicted molar refractivity (Wildman–Crippen MR) is 90.9 cm³/mol. The average Bonchev–Trinajstić information content (AvgIpc) is 2.69. The smallest absolute Gasteiger partial charge is 0.242 e. The Balaban J connectivity index is 1.64. The number of hydrogen-bond donors (Lipinski definition) is 1. The number of hydrogen-bond acceptors (Lipinski definition) is 2. The first-order valence-electron chi connectivity index (χ1n) is 8.47. The Morgan fingerprint density at radius 3 is 2.78 bits per heavy atom. The molecular weight excluding hydrogens is 291 g/mol. The molecule has 1 aliphatic carbocycles. The van der Waals surface area contributed by atoms with Crippen LogP contribution in [0.15, 0.2) is 18.2 Å². The molecule has 1 saturated heterocycles. The molecule has 2 aliphatic rings. The van der Waals surface area contributed by atoms with Crippen LogP contribution in [0.5, 0.6) is 0 Å². The first kappa shape index (κ1) is 16.3. The molecule has 3 rings (SSSR count). The molecule has 1 aliphatic heterocycles. The molecule has 3 nitrogen and oxygen atoms in total. The third-order valence-corrected chi connectivity index (χ3v) is 5.35. The highest BCUT2D eigenvalue weighted by molar-refractivity contribution is 5.81. The van der Waals surface area contributed by atoms with Gasteiger partial charge in [0.2, 0.25) is 5.91 Å². The minimum Gasteiger partial charge on any atom is -0.376 e. The van der Waals surface area contributed by atoms with Gasteiger partial charge in [0, 0.05) is 18.3 Å². The summed E-state index contributed by atoms with van der Waals surface area (Å²) in [5, 5.41) is 3.07. The number of benzene rings is 1. The largest absolute Gasteiger partial charge is 0.376 e. The van der Waals surface area contributed by atoms with Crippen LogP contribution < -0.4 is 5.32 Å². The van der Waals surface area contributed by atoms with Crippen molar-refractivity contribution in [2.24, 2.45) is 10.8 Å². The van der Waals surface area contributed by atoms with Crippen molar-refractivity contribution in [1.29, 1.82) is 0 Å². The van der Waals surface area contributed by atoms with E-state index in [-0.39, 0.29) is 23.7 Å². The maximum atomic E-state index is 13.6. The summed E-state index contributed by atoms with van der Waals surface area (Å²) in [5.74, 6) is -0.119. The van der Waals surface area contributed by atoms with E-state index in [2.05, 4.69) is 26.1 Å². The van der Waals surface area contributed by atoms with E-state index in [0.717, 1.165) is 19.4 Å². The van der Waals surface area contributed by atoms with E-state index in [1.165, 1.54) is 12.5 Å². The molecule has 23 heavy (non-hydrogen) atoms. The molecular formula is C19H27FN2O. The van der Waals surface area contributed by atoms with Crippen molar-refractivity contribution < 1.29 is 9.18 Å². The molecule has 2 atom stereocenters. The van der Waals surface area contributed by atoms with Crippen LogP contribution in [-0.2, 0) is 4.79 Å². The molecule has 2 fully saturated rings. The lowest BCUT2D eigenvalue weighted by Gasteiger charge is -2.39. The van der Waals surface area contributed by atoms with E-state index >= 15 is 0 Å². The maximum absolute atomic E-state index is 13.6. The first-order chi connectivity index (χ1) is 10.7. The van der Waals surface area contributed by atoms with Crippen molar-refractivity contribution in [3.63, 3.8) is 0 Å². The Kier molecular flexibility index (Phi) is 3.89. The van der Waals surface area contributed by atoms with Gasteiger partial charge in [-0.05, 0) is 54.7 Å². The van der Waals surface area contributed by atoms with Crippen LogP contribution >= 0.6 is 0 Å². The second kappa shape index (κ2) is 5.50. The Morgan fingerprint density at radius 2 is 2.09 bits per heavy atom. The fourth-order valence-corrected chi connectivity index (χ4v) is 4.73. The molecule has 2 bridgehead atoms. The van der Waals surface area contributed by atoms with Crippen LogP contribution in [0.3, 0.4) is 0 Å². The molecule has 1 aromatic rings. The van der Waals surface area contributed by atoms with Gasteiger partial charge in [0.1, 0.15) is 5.82 Å². The minimum atomic E-state index is -0.242. The second-order valence-corrected chi connectivity index (χ2v) is 8.55. The van der Waals surface area contributed by atoms with Gasteiger partial charge in [-0.25, -0.2) is 4.39 Å². The van der Waals surface area contributed by atoms with Crippen molar-refractivity contribution in [2.45, 2.75) is 53.0 Å². The zero-order valence-corrected chi connectivity index (χ0v) is 14.6. The lowest BCUT2D eigenvalue weighted by Crippen LogP contribution is -2.40. The zero-order chi connectivity index (χ0) is 16.8. The van der Waals surface area contributed by atoms with Crippen LogP contribution in [0.25, 0.3) is 0 Å². The number of anilines is 1. The van der Waals surface area contributed by atoms with E-state index in [1.54, 1.807) is 13.0 Å². The van der Waals surface area contributed by atoms with Gasteiger partial charge >= 0.3 is 0 Å². The van der Waals surface area contributed by atoms with E-state index < -0.39 is 0 Å². The molecule has 0 unspecified atom stereocenters. The summed E-state index contributed by atoms with van der Waals surface area (Å²) >= 11 is 0. The van der Waals surface area contributed by atoms with Crippen LogP contribution in [0.4, 0.5) is 10.1 Å². The number of carbonyl (C=O) groups is 1. The summed E-state index contributed by atoms with van der Waals surface area (Å²) in [7, 11) is 0. The third kappa shape index (κ3) is 3.36. The number of nitrogens with zero attached hydrogens (tertiary/aromatic N) is 1. The maximum Gasteiger partial charge on any atom is 0.242 e. The second-order valence-electron chi connectivity index (χ2n) is 8.55. The van der Waals surface area contributed by atoms with Gasteiger partial charge in [-0.15, -0.1) is 0 Å². The van der Waals surface area contributed by atoms with Gasteiger partial charge in [0.05, 0.1) is 6.54 Å². The quantitative estimate of drug-likeness (QED) is 0.914. The Morgan fingerprint density at radius 1 is 1.35 bits per heavy atom. The predicted octanol–water partition coefficient (Wildman–Crippen LogP) is 3.97. The van der Waals surface area contributed by atoms with Crippen LogP contribution in [0.2, 0.25) is 0 Å². The normalized spacial score (nSPS) is 28.7. The van der Waals surface area contributed by atoms with Gasteiger partial charge in [-0.3, -0.25) is 4.79 Å². The highest BCUT2D eigenvalue weighted by Crippen LogP contribution is 2.52. The molecule has 1 amide bonds. The highest BCUT2D eigenvalue weighted by Gasteiger charge is 2.50. The lowest BCUT2D eigenvalue weighted by molar-refractivity contribution is -0.130. The molecule has 0 spiro atoms. The summed E-state index contributed by atoms with van der Waals surface area (Å²) in [4.78, 5) is 14.7. The van der Waals surface area contributed by atoms with Crippen molar-refractivity contribution in [1.82, 2.24) is 4.90 Å². The summed E-state index contributed by atoms with van der Waals surface area (Å²) in [6, 6.07) is 5.36. The average molecular weight is 318 g/mol. The fourth-order valence-electron chi connectivity index (χ4n) is 4.73. The van der Waals surface area contributed by atoms with E-state index in [9.17, 15) is 9.18 Å². The standard InChI is InChI=1S/C19H27FN2O/c1-13-5-6-14(7-16(13)20)21-10-17(23)22-12-19(4)9-15(22)8-18(2,3)11-19/h5-7,15,21H,8-12H2,1-4H3/t15-,19-/m1/s1. The number of rotatable bonds is 3. The molecule has 0 radical (unpaired) electrons. The number of aryl methyl sites for hydroxylation is 1. The zero-order valence-electron chi connectivity index (χ0n) is 14.6. The SMILES string of the molecule is Cc1ccc(NCC(=O)N2C[C@]3(C)C[C@H]2CC(C)(C)C3)cc1F. The number of halogens is 1. The van der Waals surface area contributed by atoms with Crippen LogP contribution in [0, 0.1) is 23.6 Å². The molecule has 1 heterocycles. The summed E-state index contributed by atoms with van der Waals surface area (Å²) in [5.41, 5.74) is 1.83. The number of carbonyl (C=O) groups excluding carboxylic acids is 1. The Labute approximate surface area is 138 Å².